The molecular formula is C22H22F2Si. The van der Waals surface area contributed by atoms with Crippen molar-refractivity contribution in [3.63, 3.8) is 0 Å². The zero-order valence-electron chi connectivity index (χ0n) is 15.1. The highest BCUT2D eigenvalue weighted by atomic mass is 28.3. The first-order valence-corrected chi connectivity index (χ1v) is 11.8. The maximum atomic E-state index is 14.4. The third-order valence-corrected chi connectivity index (χ3v) is 9.44. The molecule has 0 radical (unpaired) electrons. The van der Waals surface area contributed by atoms with E-state index in [2.05, 4.69) is 25.2 Å². The van der Waals surface area contributed by atoms with Gasteiger partial charge in [-0.05, 0) is 49.0 Å². The van der Waals surface area contributed by atoms with Crippen LogP contribution < -0.4 is 10.4 Å². The zero-order valence-corrected chi connectivity index (χ0v) is 16.1. The molecule has 4 rings (SSSR count). The summed E-state index contributed by atoms with van der Waals surface area (Å²) in [6, 6.07) is 12.0. The van der Waals surface area contributed by atoms with Gasteiger partial charge in [0.1, 0.15) is 19.7 Å². The predicted octanol–water partition coefficient (Wildman–Crippen LogP) is 5.02. The maximum Gasteiger partial charge on any atom is 0.129 e. The van der Waals surface area contributed by atoms with Gasteiger partial charge in [-0.3, -0.25) is 0 Å². The summed E-state index contributed by atoms with van der Waals surface area (Å²) in [5, 5.41) is 2.55. The van der Waals surface area contributed by atoms with Crippen LogP contribution in [0, 0.1) is 0 Å². The van der Waals surface area contributed by atoms with Crippen LogP contribution in [-0.4, -0.2) is 8.07 Å². The van der Waals surface area contributed by atoms with Gasteiger partial charge >= 0.3 is 0 Å². The number of halogens is 2. The third kappa shape index (κ3) is 2.29. The molecule has 25 heavy (non-hydrogen) atoms. The molecule has 2 aromatic rings. The quantitative estimate of drug-likeness (QED) is 0.666. The van der Waals surface area contributed by atoms with Crippen LogP contribution in [-0.2, 0) is 12.8 Å². The number of fused-ring (bicyclic) bond motifs is 2. The van der Waals surface area contributed by atoms with E-state index in [0.717, 1.165) is 33.4 Å². The second-order valence-corrected chi connectivity index (χ2v) is 12.2. The van der Waals surface area contributed by atoms with E-state index in [-0.39, 0.29) is 11.7 Å². The molecule has 2 aliphatic rings. The Kier molecular flexibility index (Phi) is 3.62. The summed E-state index contributed by atoms with van der Waals surface area (Å²) in [7, 11) is -2.07. The Balaban J connectivity index is 1.88. The van der Waals surface area contributed by atoms with Crippen LogP contribution in [0.1, 0.15) is 36.1 Å². The largest absolute Gasteiger partial charge is 0.206 e. The highest BCUT2D eigenvalue weighted by Gasteiger charge is 2.36. The Morgan fingerprint density at radius 3 is 1.52 bits per heavy atom. The molecule has 0 spiro atoms. The van der Waals surface area contributed by atoms with E-state index in [1.54, 1.807) is 0 Å². The van der Waals surface area contributed by atoms with Crippen LogP contribution in [0.15, 0.2) is 47.5 Å². The van der Waals surface area contributed by atoms with Crippen molar-refractivity contribution in [3.05, 3.63) is 69.8 Å². The van der Waals surface area contributed by atoms with Crippen molar-refractivity contribution < 1.29 is 8.78 Å². The Morgan fingerprint density at radius 1 is 0.720 bits per heavy atom. The minimum atomic E-state index is -2.07. The molecule has 0 bridgehead atoms. The number of benzene rings is 2. The molecule has 0 saturated heterocycles. The highest BCUT2D eigenvalue weighted by molar-refractivity contribution is 7.01. The lowest BCUT2D eigenvalue weighted by Gasteiger charge is -2.29. The van der Waals surface area contributed by atoms with Gasteiger partial charge in [-0.25, -0.2) is 8.78 Å². The average Bonchev–Trinajstić information content (AvgIpc) is 3.04. The number of hydrogen-bond acceptors (Lipinski definition) is 0. The van der Waals surface area contributed by atoms with Gasteiger partial charge in [-0.1, -0.05) is 59.9 Å². The maximum absolute atomic E-state index is 14.4. The third-order valence-electron chi connectivity index (χ3n) is 5.80. The standard InChI is InChI=1S/C22H22F2Si/c1-13-11-17-15(21(13)23)7-5-9-19(17)25(3,4)20-10-6-8-16-18(20)12-14(2)22(16)24/h5-10H,11-12H2,1-4H3. The van der Waals surface area contributed by atoms with Gasteiger partial charge in [0.05, 0.1) is 0 Å². The average molecular weight is 353 g/mol. The number of hydrogen-bond donors (Lipinski definition) is 0. The molecule has 0 amide bonds. The predicted molar refractivity (Wildman–Crippen MR) is 104 cm³/mol. The molecular weight excluding hydrogens is 330 g/mol. The Labute approximate surface area is 148 Å². The minimum absolute atomic E-state index is 0.0662. The molecule has 0 N–H and O–H groups in total. The van der Waals surface area contributed by atoms with Crippen molar-refractivity contribution in [2.75, 3.05) is 0 Å². The van der Waals surface area contributed by atoms with Crippen molar-refractivity contribution in [1.82, 2.24) is 0 Å². The van der Waals surface area contributed by atoms with Crippen LogP contribution >= 0.6 is 0 Å². The van der Waals surface area contributed by atoms with E-state index in [0.29, 0.717) is 12.8 Å². The van der Waals surface area contributed by atoms with Crippen LogP contribution in [0.5, 0.6) is 0 Å². The van der Waals surface area contributed by atoms with Crippen molar-refractivity contribution >= 4 is 30.1 Å². The van der Waals surface area contributed by atoms with E-state index in [1.807, 2.05) is 38.1 Å². The summed E-state index contributed by atoms with van der Waals surface area (Å²) in [4.78, 5) is 0. The van der Waals surface area contributed by atoms with Crippen molar-refractivity contribution in [1.29, 1.82) is 0 Å². The zero-order chi connectivity index (χ0) is 17.9. The van der Waals surface area contributed by atoms with Gasteiger partial charge in [0.25, 0.3) is 0 Å². The Bertz CT molecular complexity index is 886. The summed E-state index contributed by atoms with van der Waals surface area (Å²) >= 11 is 0. The lowest BCUT2D eigenvalue weighted by Crippen LogP contribution is -2.55. The fourth-order valence-electron chi connectivity index (χ4n) is 4.43. The lowest BCUT2D eigenvalue weighted by atomic mass is 10.1. The number of allylic oxidation sites excluding steroid dienone is 2. The molecule has 0 aromatic heterocycles. The molecule has 0 fully saturated rings. The SMILES string of the molecule is CC1=C(F)c2cccc([Si](C)(C)c3cccc4c3CC(C)=C4F)c2C1. The van der Waals surface area contributed by atoms with E-state index in [4.69, 9.17) is 0 Å². The smallest absolute Gasteiger partial charge is 0.129 e. The molecule has 0 nitrogen and oxygen atoms in total. The normalized spacial score (nSPS) is 16.6. The van der Waals surface area contributed by atoms with Gasteiger partial charge in [0, 0.05) is 11.1 Å². The fourth-order valence-corrected chi connectivity index (χ4v) is 7.70. The second-order valence-electron chi connectivity index (χ2n) is 7.83. The monoisotopic (exact) mass is 352 g/mol. The van der Waals surface area contributed by atoms with Gasteiger partial charge in [0.15, 0.2) is 0 Å². The fraction of sp³-hybridized carbons (Fsp3) is 0.273. The molecule has 0 unspecified atom stereocenters. The summed E-state index contributed by atoms with van der Waals surface area (Å²) in [6.45, 7) is 8.35. The van der Waals surface area contributed by atoms with Gasteiger partial charge in [0.2, 0.25) is 0 Å². The summed E-state index contributed by atoms with van der Waals surface area (Å²) in [6.07, 6.45) is 1.38. The minimum Gasteiger partial charge on any atom is -0.206 e. The van der Waals surface area contributed by atoms with Crippen molar-refractivity contribution in [2.45, 2.75) is 39.8 Å². The summed E-state index contributed by atoms with van der Waals surface area (Å²) in [5.41, 5.74) is 5.40. The lowest BCUT2D eigenvalue weighted by molar-refractivity contribution is 0.754. The van der Waals surface area contributed by atoms with Gasteiger partial charge < -0.3 is 0 Å². The van der Waals surface area contributed by atoms with E-state index >= 15 is 0 Å². The molecule has 0 saturated carbocycles. The van der Waals surface area contributed by atoms with Gasteiger partial charge in [-0.2, -0.15) is 0 Å². The van der Waals surface area contributed by atoms with E-state index in [9.17, 15) is 8.78 Å². The molecule has 128 valence electrons. The molecule has 0 heterocycles. The molecule has 2 aromatic carbocycles. The summed E-state index contributed by atoms with van der Waals surface area (Å²) in [5.74, 6) is -0.132. The van der Waals surface area contributed by atoms with Crippen LogP contribution in [0.4, 0.5) is 8.78 Å². The first-order valence-electron chi connectivity index (χ1n) is 8.78. The van der Waals surface area contributed by atoms with E-state index < -0.39 is 8.07 Å². The highest BCUT2D eigenvalue weighted by Crippen LogP contribution is 2.35. The Morgan fingerprint density at radius 2 is 1.12 bits per heavy atom. The van der Waals surface area contributed by atoms with Crippen LogP contribution in [0.3, 0.4) is 0 Å². The van der Waals surface area contributed by atoms with Crippen LogP contribution in [0.25, 0.3) is 11.7 Å². The second kappa shape index (κ2) is 5.50. The van der Waals surface area contributed by atoms with Crippen LogP contribution in [0.2, 0.25) is 13.1 Å². The molecule has 0 atom stereocenters. The first kappa shape index (κ1) is 16.5. The molecule has 0 aliphatic heterocycles. The van der Waals surface area contributed by atoms with Crippen molar-refractivity contribution in [2.24, 2.45) is 0 Å². The van der Waals surface area contributed by atoms with E-state index in [1.165, 1.54) is 10.4 Å². The number of rotatable bonds is 2. The molecule has 2 aliphatic carbocycles. The summed E-state index contributed by atoms with van der Waals surface area (Å²) < 4.78 is 28.9. The van der Waals surface area contributed by atoms with Gasteiger partial charge in [-0.15, -0.1) is 0 Å². The molecule has 3 heteroatoms. The Hall–Kier alpha value is -2.00. The topological polar surface area (TPSA) is 0 Å². The first-order chi connectivity index (χ1) is 11.8. The van der Waals surface area contributed by atoms with Crippen molar-refractivity contribution in [3.8, 4) is 0 Å².